The Labute approximate surface area is 205 Å². The van der Waals surface area contributed by atoms with E-state index in [2.05, 4.69) is 27.9 Å². The molecule has 5 rings (SSSR count). The van der Waals surface area contributed by atoms with Crippen LogP contribution in [0.1, 0.15) is 38.7 Å². The Balaban J connectivity index is 1.40. The van der Waals surface area contributed by atoms with Crippen molar-refractivity contribution < 1.29 is 14.3 Å². The van der Waals surface area contributed by atoms with Gasteiger partial charge in [-0.1, -0.05) is 11.8 Å². The second-order valence-corrected chi connectivity index (χ2v) is 11.3. The largest absolute Gasteiger partial charge is 0.491 e. The Kier molecular flexibility index (Phi) is 6.52. The molecule has 0 aromatic heterocycles. The molecule has 3 fully saturated rings. The van der Waals surface area contributed by atoms with Crippen molar-refractivity contribution in [2.45, 2.75) is 63.6 Å². The molecule has 0 bridgehead atoms. The van der Waals surface area contributed by atoms with E-state index in [0.717, 1.165) is 61.6 Å². The summed E-state index contributed by atoms with van der Waals surface area (Å²) in [5, 5.41) is 9.99. The van der Waals surface area contributed by atoms with Crippen LogP contribution in [0.5, 0.6) is 5.75 Å². The number of nitrogens with zero attached hydrogens (tertiary/aromatic N) is 2. The first-order valence-corrected chi connectivity index (χ1v) is 13.2. The lowest BCUT2D eigenvalue weighted by atomic mass is 9.86. The average Bonchev–Trinajstić information content (AvgIpc) is 3.14. The minimum absolute atomic E-state index is 0.00387. The zero-order chi connectivity index (χ0) is 24.0. The lowest BCUT2D eigenvalue weighted by Gasteiger charge is -2.46. The highest BCUT2D eigenvalue weighted by atomic mass is 32.2. The monoisotopic (exact) mass is 485 g/mol. The summed E-state index contributed by atoms with van der Waals surface area (Å²) in [7, 11) is 2.09. The molecular weight excluding hydrogens is 450 g/mol. The van der Waals surface area contributed by atoms with Crippen molar-refractivity contribution in [1.29, 1.82) is 0 Å². The third-order valence-corrected chi connectivity index (χ3v) is 8.46. The number of aryl methyl sites for hydroxylation is 1. The van der Waals surface area contributed by atoms with Gasteiger partial charge in [0.1, 0.15) is 5.75 Å². The van der Waals surface area contributed by atoms with Crippen molar-refractivity contribution in [2.24, 2.45) is 5.92 Å². The first kappa shape index (κ1) is 23.5. The number of piperidine rings is 2. The standard InChI is InChI=1S/C25H35N5O3S/c1-14(2)33-17-7-8-18(15(3)12-17)30-19-9-10-26-24-20(19)21(28-25(30)32)22(34-24)23(31)27-16-6-5-11-29(4)13-16/h7-8,12,14,16,19-20,24,26H,5-6,9-11,13H2,1-4H3,(H,27,31)(H,28,32)/t16-,19?,20?,24?/m1/s1. The van der Waals surface area contributed by atoms with Gasteiger partial charge in [-0.15, -0.1) is 0 Å². The van der Waals surface area contributed by atoms with Gasteiger partial charge in [0.2, 0.25) is 0 Å². The summed E-state index contributed by atoms with van der Waals surface area (Å²) in [6, 6.07) is 5.90. The van der Waals surface area contributed by atoms with Crippen molar-refractivity contribution in [3.8, 4) is 5.75 Å². The Bertz CT molecular complexity index is 1010. The molecule has 0 radical (unpaired) electrons. The predicted molar refractivity (Wildman–Crippen MR) is 135 cm³/mol. The number of hydrogen-bond donors (Lipinski definition) is 3. The molecule has 3 amide bonds. The fourth-order valence-corrected chi connectivity index (χ4v) is 7.08. The molecule has 8 nitrogen and oxygen atoms in total. The van der Waals surface area contributed by atoms with E-state index >= 15 is 0 Å². The minimum Gasteiger partial charge on any atom is -0.491 e. The van der Waals surface area contributed by atoms with E-state index in [0.29, 0.717) is 4.91 Å². The fourth-order valence-electron chi connectivity index (χ4n) is 5.68. The summed E-state index contributed by atoms with van der Waals surface area (Å²) < 4.78 is 5.84. The number of hydrogen-bond acceptors (Lipinski definition) is 6. The summed E-state index contributed by atoms with van der Waals surface area (Å²) >= 11 is 1.56. The van der Waals surface area contributed by atoms with E-state index in [1.807, 2.05) is 43.9 Å². The molecule has 0 saturated carbocycles. The van der Waals surface area contributed by atoms with Gasteiger partial charge in [0.15, 0.2) is 0 Å². The first-order chi connectivity index (χ1) is 16.3. The van der Waals surface area contributed by atoms with Crippen molar-refractivity contribution in [3.63, 3.8) is 0 Å². The molecule has 9 heteroatoms. The van der Waals surface area contributed by atoms with Gasteiger partial charge in [-0.25, -0.2) is 4.79 Å². The average molecular weight is 486 g/mol. The smallest absolute Gasteiger partial charge is 0.326 e. The maximum absolute atomic E-state index is 13.4. The van der Waals surface area contributed by atoms with E-state index in [-0.39, 0.29) is 41.4 Å². The van der Waals surface area contributed by atoms with Crippen LogP contribution >= 0.6 is 11.8 Å². The van der Waals surface area contributed by atoms with Crippen LogP contribution in [0, 0.1) is 12.8 Å². The van der Waals surface area contributed by atoms with Gasteiger partial charge >= 0.3 is 6.03 Å². The number of likely N-dealkylation sites (tertiary alicyclic amines) is 1. The third kappa shape index (κ3) is 4.41. The maximum atomic E-state index is 13.4. The van der Waals surface area contributed by atoms with E-state index in [1.54, 1.807) is 11.8 Å². The summed E-state index contributed by atoms with van der Waals surface area (Å²) in [5.74, 6) is 0.800. The Morgan fingerprint density at radius 2 is 2.12 bits per heavy atom. The Morgan fingerprint density at radius 3 is 2.85 bits per heavy atom. The lowest BCUT2D eigenvalue weighted by Crippen LogP contribution is -2.62. The molecule has 1 aromatic rings. The highest BCUT2D eigenvalue weighted by Crippen LogP contribution is 2.48. The normalized spacial score (nSPS) is 29.2. The summed E-state index contributed by atoms with van der Waals surface area (Å²) in [5.41, 5.74) is 2.68. The molecule has 184 valence electrons. The summed E-state index contributed by atoms with van der Waals surface area (Å²) in [4.78, 5) is 31.5. The molecule has 34 heavy (non-hydrogen) atoms. The van der Waals surface area contributed by atoms with E-state index in [9.17, 15) is 9.59 Å². The molecule has 4 aliphatic heterocycles. The van der Waals surface area contributed by atoms with Crippen molar-refractivity contribution in [3.05, 3.63) is 34.4 Å². The molecule has 0 aliphatic carbocycles. The zero-order valence-corrected chi connectivity index (χ0v) is 21.2. The SMILES string of the molecule is Cc1cc(OC(C)C)ccc1N1C(=O)NC2=C(C(=O)N[C@@H]3CCCN(C)C3)SC3NCCC1C23. The number of urea groups is 1. The van der Waals surface area contributed by atoms with E-state index in [1.165, 1.54) is 0 Å². The van der Waals surface area contributed by atoms with Crippen LogP contribution < -0.4 is 25.6 Å². The topological polar surface area (TPSA) is 85.9 Å². The third-order valence-electron chi connectivity index (χ3n) is 7.11. The van der Waals surface area contributed by atoms with Crippen LogP contribution in [-0.4, -0.2) is 67.1 Å². The number of thioether (sulfide) groups is 1. The summed E-state index contributed by atoms with van der Waals surface area (Å²) in [6.45, 7) is 8.77. The molecule has 1 aromatic carbocycles. The van der Waals surface area contributed by atoms with Crippen LogP contribution in [-0.2, 0) is 4.79 Å². The van der Waals surface area contributed by atoms with Crippen molar-refractivity contribution >= 4 is 29.4 Å². The first-order valence-electron chi connectivity index (χ1n) is 12.3. The number of carbonyl (C=O) groups excluding carboxylic acids is 2. The Morgan fingerprint density at radius 1 is 1.29 bits per heavy atom. The van der Waals surface area contributed by atoms with Crippen LogP contribution in [0.15, 0.2) is 28.8 Å². The lowest BCUT2D eigenvalue weighted by molar-refractivity contribution is -0.117. The van der Waals surface area contributed by atoms with Gasteiger partial charge in [0.05, 0.1) is 22.4 Å². The molecule has 3 unspecified atom stereocenters. The second-order valence-electron chi connectivity index (χ2n) is 10.1. The molecular formula is C25H35N5O3S. The highest BCUT2D eigenvalue weighted by molar-refractivity contribution is 8.04. The second kappa shape index (κ2) is 9.43. The van der Waals surface area contributed by atoms with Crippen LogP contribution in [0.2, 0.25) is 0 Å². The maximum Gasteiger partial charge on any atom is 0.326 e. The van der Waals surface area contributed by atoms with Gasteiger partial charge in [-0.05, 0) is 83.9 Å². The molecule has 4 atom stereocenters. The number of benzene rings is 1. The van der Waals surface area contributed by atoms with Crippen molar-refractivity contribution in [1.82, 2.24) is 20.9 Å². The number of rotatable bonds is 5. The van der Waals surface area contributed by atoms with Gasteiger partial charge in [-0.2, -0.15) is 0 Å². The molecule has 3 N–H and O–H groups in total. The van der Waals surface area contributed by atoms with E-state index < -0.39 is 0 Å². The Hall–Kier alpha value is -2.23. The molecule has 4 aliphatic rings. The van der Waals surface area contributed by atoms with Crippen LogP contribution in [0.25, 0.3) is 0 Å². The number of likely N-dealkylation sites (N-methyl/N-ethyl adjacent to an activating group) is 1. The van der Waals surface area contributed by atoms with Crippen LogP contribution in [0.3, 0.4) is 0 Å². The highest BCUT2D eigenvalue weighted by Gasteiger charge is 2.52. The van der Waals surface area contributed by atoms with Crippen LogP contribution in [0.4, 0.5) is 10.5 Å². The molecule has 3 saturated heterocycles. The number of ether oxygens (including phenoxy) is 1. The van der Waals surface area contributed by atoms with E-state index in [4.69, 9.17) is 4.74 Å². The number of nitrogens with one attached hydrogen (secondary N) is 3. The number of amides is 3. The van der Waals surface area contributed by atoms with Gasteiger partial charge in [0.25, 0.3) is 5.91 Å². The van der Waals surface area contributed by atoms with Gasteiger partial charge < -0.3 is 25.6 Å². The fraction of sp³-hybridized carbons (Fsp3) is 0.600. The molecule has 0 spiro atoms. The quantitative estimate of drug-likeness (QED) is 0.595. The van der Waals surface area contributed by atoms with Crippen molar-refractivity contribution in [2.75, 3.05) is 31.6 Å². The summed E-state index contributed by atoms with van der Waals surface area (Å²) in [6.07, 6.45) is 3.01. The van der Waals surface area contributed by atoms with Gasteiger partial charge in [-0.3, -0.25) is 9.69 Å². The van der Waals surface area contributed by atoms with Gasteiger partial charge in [0, 0.05) is 29.9 Å². The predicted octanol–water partition coefficient (Wildman–Crippen LogP) is 2.78. The minimum atomic E-state index is -0.164. The molecule has 4 heterocycles. The zero-order valence-electron chi connectivity index (χ0n) is 20.4. The number of anilines is 1. The number of carbonyl (C=O) groups is 2.